The molecule has 22 heavy (non-hydrogen) atoms. The van der Waals surface area contributed by atoms with E-state index >= 15 is 0 Å². The molecular weight excluding hydrogens is 300 g/mol. The van der Waals surface area contributed by atoms with Gasteiger partial charge in [0.05, 0.1) is 18.1 Å². The van der Waals surface area contributed by atoms with Crippen LogP contribution in [0.1, 0.15) is 16.7 Å². The molecule has 118 valence electrons. The lowest BCUT2D eigenvalue weighted by Gasteiger charge is -2.08. The zero-order valence-corrected chi connectivity index (χ0v) is 13.3. The van der Waals surface area contributed by atoms with Gasteiger partial charge in [0.15, 0.2) is 9.84 Å². The first-order chi connectivity index (χ1) is 10.5. The highest BCUT2D eigenvalue weighted by Crippen LogP contribution is 2.13. The Balaban J connectivity index is 1.89. The molecule has 4 nitrogen and oxygen atoms in total. The van der Waals surface area contributed by atoms with Crippen molar-refractivity contribution in [2.75, 3.05) is 12.4 Å². The lowest BCUT2D eigenvalue weighted by atomic mass is 10.1. The zero-order chi connectivity index (χ0) is 16.0. The van der Waals surface area contributed by atoms with E-state index in [1.807, 2.05) is 31.2 Å². The van der Waals surface area contributed by atoms with Crippen LogP contribution in [0.2, 0.25) is 0 Å². The molecule has 0 fully saturated rings. The van der Waals surface area contributed by atoms with Gasteiger partial charge in [-0.25, -0.2) is 8.42 Å². The Kier molecular flexibility index (Phi) is 5.57. The van der Waals surface area contributed by atoms with Crippen LogP contribution < -0.4 is 4.74 Å². The summed E-state index contributed by atoms with van der Waals surface area (Å²) in [6, 6.07) is 14.5. The van der Waals surface area contributed by atoms with Crippen LogP contribution in [-0.4, -0.2) is 25.9 Å². The smallest absolute Gasteiger partial charge is 0.157 e. The van der Waals surface area contributed by atoms with Crippen LogP contribution in [0.3, 0.4) is 0 Å². The molecule has 0 saturated carbocycles. The van der Waals surface area contributed by atoms with Gasteiger partial charge in [-0.3, -0.25) is 0 Å². The molecule has 0 spiro atoms. The highest BCUT2D eigenvalue weighted by molar-refractivity contribution is 7.90. The van der Waals surface area contributed by atoms with Gasteiger partial charge in [-0.1, -0.05) is 42.0 Å². The molecule has 0 amide bonds. The van der Waals surface area contributed by atoms with E-state index in [0.717, 1.165) is 5.56 Å². The molecule has 0 aliphatic carbocycles. The molecule has 1 N–H and O–H groups in total. The van der Waals surface area contributed by atoms with Crippen molar-refractivity contribution < 1.29 is 18.3 Å². The van der Waals surface area contributed by atoms with E-state index in [-0.39, 0.29) is 24.7 Å². The third kappa shape index (κ3) is 5.16. The van der Waals surface area contributed by atoms with Crippen LogP contribution in [0.25, 0.3) is 0 Å². The maximum atomic E-state index is 12.1. The highest BCUT2D eigenvalue weighted by atomic mass is 32.2. The average molecular weight is 320 g/mol. The molecule has 2 aromatic rings. The van der Waals surface area contributed by atoms with Crippen molar-refractivity contribution in [3.8, 4) is 5.75 Å². The Morgan fingerprint density at radius 3 is 2.41 bits per heavy atom. The number of hydrogen-bond donors (Lipinski definition) is 1. The Hall–Kier alpha value is -1.85. The van der Waals surface area contributed by atoms with E-state index in [1.54, 1.807) is 24.3 Å². The van der Waals surface area contributed by atoms with Crippen molar-refractivity contribution in [1.82, 2.24) is 0 Å². The Morgan fingerprint density at radius 2 is 1.73 bits per heavy atom. The molecule has 0 aliphatic rings. The third-order valence-electron chi connectivity index (χ3n) is 3.24. The molecule has 2 rings (SSSR count). The van der Waals surface area contributed by atoms with Gasteiger partial charge in [-0.2, -0.15) is 0 Å². The summed E-state index contributed by atoms with van der Waals surface area (Å²) in [6.07, 6.45) is 0. The third-order valence-corrected chi connectivity index (χ3v) is 4.81. The van der Waals surface area contributed by atoms with Crippen molar-refractivity contribution in [3.05, 3.63) is 65.2 Å². The number of benzene rings is 2. The summed E-state index contributed by atoms with van der Waals surface area (Å²) >= 11 is 0. The van der Waals surface area contributed by atoms with Gasteiger partial charge in [-0.15, -0.1) is 0 Å². The molecule has 0 atom stereocenters. The first-order valence-electron chi connectivity index (χ1n) is 7.07. The van der Waals surface area contributed by atoms with E-state index in [0.29, 0.717) is 16.9 Å². The van der Waals surface area contributed by atoms with Crippen LogP contribution >= 0.6 is 0 Å². The Morgan fingerprint density at radius 1 is 1.05 bits per heavy atom. The molecule has 0 aliphatic heterocycles. The predicted molar refractivity (Wildman–Crippen MR) is 86.5 cm³/mol. The number of ether oxygens (including phenoxy) is 1. The number of rotatable bonds is 7. The molecule has 0 saturated heterocycles. The molecular formula is C17H20O4S. The normalized spacial score (nSPS) is 11.4. The summed E-state index contributed by atoms with van der Waals surface area (Å²) in [7, 11) is -3.24. The minimum Gasteiger partial charge on any atom is -0.493 e. The SMILES string of the molecule is Cc1ccc(OCCS(=O)(=O)Cc2cccc(CO)c2)cc1. The Labute approximate surface area is 131 Å². The molecule has 0 radical (unpaired) electrons. The van der Waals surface area contributed by atoms with Crippen LogP contribution in [0, 0.1) is 6.92 Å². The second-order valence-corrected chi connectivity index (χ2v) is 7.42. The van der Waals surface area contributed by atoms with E-state index in [2.05, 4.69) is 0 Å². The van der Waals surface area contributed by atoms with Gasteiger partial charge in [0, 0.05) is 0 Å². The molecule has 5 heteroatoms. The number of aliphatic hydroxyl groups excluding tert-OH is 1. The maximum absolute atomic E-state index is 12.1. The van der Waals surface area contributed by atoms with Gasteiger partial charge in [0.1, 0.15) is 12.4 Å². The van der Waals surface area contributed by atoms with Crippen LogP contribution in [-0.2, 0) is 22.2 Å². The lowest BCUT2D eigenvalue weighted by Crippen LogP contribution is -2.16. The first-order valence-corrected chi connectivity index (χ1v) is 8.89. The van der Waals surface area contributed by atoms with Crippen LogP contribution in [0.4, 0.5) is 0 Å². The topological polar surface area (TPSA) is 63.6 Å². The zero-order valence-electron chi connectivity index (χ0n) is 12.5. The van der Waals surface area contributed by atoms with Crippen molar-refractivity contribution in [2.45, 2.75) is 19.3 Å². The first kappa shape index (κ1) is 16.5. The van der Waals surface area contributed by atoms with Gasteiger partial charge in [-0.05, 0) is 30.2 Å². The summed E-state index contributed by atoms with van der Waals surface area (Å²) in [6.45, 7) is 2.02. The lowest BCUT2D eigenvalue weighted by molar-refractivity contribution is 0.281. The van der Waals surface area contributed by atoms with Crippen molar-refractivity contribution in [2.24, 2.45) is 0 Å². The van der Waals surface area contributed by atoms with Gasteiger partial charge >= 0.3 is 0 Å². The number of hydrogen-bond acceptors (Lipinski definition) is 4. The summed E-state index contributed by atoms with van der Waals surface area (Å²) < 4.78 is 29.7. The van der Waals surface area contributed by atoms with E-state index in [4.69, 9.17) is 9.84 Å². The van der Waals surface area contributed by atoms with Gasteiger partial charge in [0.25, 0.3) is 0 Å². The van der Waals surface area contributed by atoms with Gasteiger partial charge in [0.2, 0.25) is 0 Å². The molecule has 2 aromatic carbocycles. The fraction of sp³-hybridized carbons (Fsp3) is 0.294. The number of aliphatic hydroxyl groups is 1. The summed E-state index contributed by atoms with van der Waals surface area (Å²) in [4.78, 5) is 0. The summed E-state index contributed by atoms with van der Waals surface area (Å²) in [5, 5.41) is 9.08. The average Bonchev–Trinajstić information content (AvgIpc) is 2.49. The quantitative estimate of drug-likeness (QED) is 0.851. The second kappa shape index (κ2) is 7.42. The largest absolute Gasteiger partial charge is 0.493 e. The molecule has 0 heterocycles. The minimum atomic E-state index is -3.24. The monoisotopic (exact) mass is 320 g/mol. The molecule has 0 bridgehead atoms. The van der Waals surface area contributed by atoms with Crippen molar-refractivity contribution in [3.63, 3.8) is 0 Å². The summed E-state index contributed by atoms with van der Waals surface area (Å²) in [5.74, 6) is 0.588. The number of sulfone groups is 1. The fourth-order valence-corrected chi connectivity index (χ4v) is 3.23. The van der Waals surface area contributed by atoms with E-state index in [1.165, 1.54) is 0 Å². The van der Waals surface area contributed by atoms with Gasteiger partial charge < -0.3 is 9.84 Å². The predicted octanol–water partition coefficient (Wildman–Crippen LogP) is 2.48. The van der Waals surface area contributed by atoms with E-state index < -0.39 is 9.84 Å². The van der Waals surface area contributed by atoms with E-state index in [9.17, 15) is 8.42 Å². The standard InChI is InChI=1S/C17H20O4S/c1-14-5-7-17(8-6-14)21-9-10-22(19,20)13-16-4-2-3-15(11-16)12-18/h2-8,11,18H,9-10,12-13H2,1H3. The highest BCUT2D eigenvalue weighted by Gasteiger charge is 2.12. The fourth-order valence-electron chi connectivity index (χ4n) is 2.06. The summed E-state index contributed by atoms with van der Waals surface area (Å²) in [5.41, 5.74) is 2.52. The second-order valence-electron chi connectivity index (χ2n) is 5.23. The minimum absolute atomic E-state index is 0.0375. The van der Waals surface area contributed by atoms with Crippen molar-refractivity contribution in [1.29, 1.82) is 0 Å². The Bertz CT molecular complexity index is 706. The van der Waals surface area contributed by atoms with Crippen LogP contribution in [0.15, 0.2) is 48.5 Å². The molecule has 0 unspecified atom stereocenters. The van der Waals surface area contributed by atoms with Crippen molar-refractivity contribution >= 4 is 9.84 Å². The number of aryl methyl sites for hydroxylation is 1. The van der Waals surface area contributed by atoms with Crippen LogP contribution in [0.5, 0.6) is 5.75 Å². The molecule has 0 aromatic heterocycles. The maximum Gasteiger partial charge on any atom is 0.157 e.